The van der Waals surface area contributed by atoms with Gasteiger partial charge in [0.05, 0.1) is 21.0 Å². The number of fused-ring (bicyclic) bond motifs is 1. The van der Waals surface area contributed by atoms with Gasteiger partial charge in [-0.1, -0.05) is 29.8 Å². The number of aromatic amines is 1. The van der Waals surface area contributed by atoms with Gasteiger partial charge >= 0.3 is 6.36 Å². The summed E-state index contributed by atoms with van der Waals surface area (Å²) in [5.41, 5.74) is 8.32. The van der Waals surface area contributed by atoms with E-state index in [0.717, 1.165) is 29.8 Å². The maximum atomic E-state index is 13.1. The molecule has 0 unspecified atom stereocenters. The number of carbonyl (C=O) groups excluding carboxylic acids is 1. The first kappa shape index (κ1) is 27.0. The Labute approximate surface area is 230 Å². The van der Waals surface area contributed by atoms with Crippen molar-refractivity contribution >= 4 is 44.3 Å². The molecule has 0 aliphatic carbocycles. The summed E-state index contributed by atoms with van der Waals surface area (Å²) >= 11 is 6.46. The highest BCUT2D eigenvalue weighted by molar-refractivity contribution is 7.92. The molecule has 13 heteroatoms. The zero-order valence-electron chi connectivity index (χ0n) is 20.2. The summed E-state index contributed by atoms with van der Waals surface area (Å²) in [6, 6.07) is 20.2. The minimum absolute atomic E-state index is 0.00582. The number of nitrogens with zero attached hydrogens (tertiary/aromatic N) is 1. The Morgan fingerprint density at radius 3 is 2.35 bits per heavy atom. The number of rotatable bonds is 7. The van der Waals surface area contributed by atoms with Crippen LogP contribution in [0, 0.1) is 0 Å². The second-order valence-corrected chi connectivity index (χ2v) is 10.6. The lowest BCUT2D eigenvalue weighted by Gasteiger charge is -2.14. The van der Waals surface area contributed by atoms with Crippen molar-refractivity contribution < 1.29 is 31.1 Å². The number of nitrogens with two attached hydrogens (primary N) is 1. The molecule has 1 aromatic heterocycles. The zero-order valence-corrected chi connectivity index (χ0v) is 21.7. The molecular weight excluding hydrogens is 569 g/mol. The molecule has 0 radical (unpaired) electrons. The van der Waals surface area contributed by atoms with E-state index in [2.05, 4.69) is 19.4 Å². The largest absolute Gasteiger partial charge is 0.573 e. The number of anilines is 1. The third-order valence-corrected chi connectivity index (χ3v) is 7.54. The molecule has 0 atom stereocenters. The number of H-pyrrole nitrogens is 1. The highest BCUT2D eigenvalue weighted by Gasteiger charge is 2.31. The van der Waals surface area contributed by atoms with Gasteiger partial charge in [-0.25, -0.2) is 13.4 Å². The van der Waals surface area contributed by atoms with Crippen LogP contribution in [0.15, 0.2) is 89.8 Å². The van der Waals surface area contributed by atoms with Gasteiger partial charge in [0.1, 0.15) is 11.6 Å². The molecule has 8 nitrogen and oxygen atoms in total. The average molecular weight is 587 g/mol. The summed E-state index contributed by atoms with van der Waals surface area (Å²) in [6.07, 6.45) is -4.88. The van der Waals surface area contributed by atoms with Crippen molar-refractivity contribution in [2.45, 2.75) is 11.3 Å². The van der Waals surface area contributed by atoms with Crippen LogP contribution in [0.1, 0.15) is 10.4 Å². The number of nitrogens with one attached hydrogen (secondary N) is 2. The van der Waals surface area contributed by atoms with Crippen LogP contribution in [0.5, 0.6) is 5.75 Å². The van der Waals surface area contributed by atoms with Crippen LogP contribution in [-0.4, -0.2) is 30.7 Å². The van der Waals surface area contributed by atoms with E-state index in [4.69, 9.17) is 17.3 Å². The first-order chi connectivity index (χ1) is 18.9. The lowest BCUT2D eigenvalue weighted by molar-refractivity contribution is -0.274. The number of hydrogen-bond acceptors (Lipinski definition) is 5. The van der Waals surface area contributed by atoms with E-state index >= 15 is 0 Å². The Morgan fingerprint density at radius 1 is 0.950 bits per heavy atom. The van der Waals surface area contributed by atoms with E-state index in [0.29, 0.717) is 27.5 Å². The zero-order chi connectivity index (χ0) is 28.7. The molecule has 204 valence electrons. The van der Waals surface area contributed by atoms with Gasteiger partial charge in [0.25, 0.3) is 10.0 Å². The number of benzene rings is 4. The quantitative estimate of drug-likeness (QED) is 0.205. The Balaban J connectivity index is 1.52. The number of aromatic nitrogens is 2. The monoisotopic (exact) mass is 586 g/mol. The summed E-state index contributed by atoms with van der Waals surface area (Å²) in [5.74, 6) is -0.823. The highest BCUT2D eigenvalue weighted by Crippen LogP contribution is 2.35. The fourth-order valence-corrected chi connectivity index (χ4v) is 5.33. The number of hydrogen-bond donors (Lipinski definition) is 3. The Morgan fingerprint density at radius 2 is 1.68 bits per heavy atom. The molecule has 0 aliphatic rings. The van der Waals surface area contributed by atoms with Crippen LogP contribution in [0.2, 0.25) is 5.02 Å². The van der Waals surface area contributed by atoms with Crippen molar-refractivity contribution in [3.05, 3.63) is 95.5 Å². The maximum Gasteiger partial charge on any atom is 0.573 e. The van der Waals surface area contributed by atoms with Crippen LogP contribution < -0.4 is 15.2 Å². The van der Waals surface area contributed by atoms with Crippen molar-refractivity contribution in [3.8, 4) is 28.3 Å². The molecule has 5 rings (SSSR count). The maximum absolute atomic E-state index is 13.1. The topological polar surface area (TPSA) is 127 Å². The number of halogens is 4. The summed E-state index contributed by atoms with van der Waals surface area (Å²) in [6.45, 7) is 0. The lowest BCUT2D eigenvalue weighted by atomic mass is 9.97. The van der Waals surface area contributed by atoms with Gasteiger partial charge in [0.15, 0.2) is 0 Å². The van der Waals surface area contributed by atoms with Crippen LogP contribution in [0.4, 0.5) is 18.9 Å². The van der Waals surface area contributed by atoms with Crippen molar-refractivity contribution in [1.29, 1.82) is 0 Å². The van der Waals surface area contributed by atoms with Crippen LogP contribution in [-0.2, 0) is 10.0 Å². The molecule has 0 spiro atoms. The highest BCUT2D eigenvalue weighted by atomic mass is 35.5. The first-order valence-corrected chi connectivity index (χ1v) is 13.3. The minimum Gasteiger partial charge on any atom is -0.406 e. The minimum atomic E-state index is -4.88. The van der Waals surface area contributed by atoms with E-state index in [9.17, 15) is 26.4 Å². The summed E-state index contributed by atoms with van der Waals surface area (Å²) in [4.78, 5) is 19.8. The summed E-state index contributed by atoms with van der Waals surface area (Å²) < 4.78 is 69.6. The summed E-state index contributed by atoms with van der Waals surface area (Å²) in [7, 11) is -4.23. The fourth-order valence-electron chi connectivity index (χ4n) is 4.04. The average Bonchev–Trinajstić information content (AvgIpc) is 3.33. The number of amides is 1. The van der Waals surface area contributed by atoms with E-state index in [-0.39, 0.29) is 21.7 Å². The normalized spacial score (nSPS) is 11.9. The van der Waals surface area contributed by atoms with Crippen molar-refractivity contribution in [1.82, 2.24) is 9.97 Å². The number of imidazole rings is 1. The second kappa shape index (κ2) is 10.2. The number of sulfonamides is 1. The van der Waals surface area contributed by atoms with Crippen LogP contribution in [0.25, 0.3) is 33.5 Å². The smallest absolute Gasteiger partial charge is 0.406 e. The van der Waals surface area contributed by atoms with Crippen molar-refractivity contribution in [2.75, 3.05) is 4.72 Å². The number of ether oxygens (including phenoxy) is 1. The van der Waals surface area contributed by atoms with Gasteiger partial charge in [-0.15, -0.1) is 13.2 Å². The van der Waals surface area contributed by atoms with E-state index < -0.39 is 28.0 Å². The molecule has 0 aliphatic heterocycles. The number of alkyl halides is 3. The Bertz CT molecular complexity index is 1820. The van der Waals surface area contributed by atoms with Gasteiger partial charge < -0.3 is 15.5 Å². The summed E-state index contributed by atoms with van der Waals surface area (Å²) in [5, 5.41) is 0.367. The molecule has 40 heavy (non-hydrogen) atoms. The Kier molecular flexibility index (Phi) is 6.90. The standard InChI is InChI=1S/C27H18ClF3N4O4S/c28-22-12-5-15(13-21(22)26-33-23-3-1-2-4-24(23)34-26)20-14-18(10-11-19(20)25(32)36)40(37,38)35-16-6-8-17(9-7-16)39-27(29,30)31/h1-14,35H,(H2,32,36)(H,33,34). The molecular formula is C27H18ClF3N4O4S. The van der Waals surface area contributed by atoms with Crippen LogP contribution in [0.3, 0.4) is 0 Å². The predicted molar refractivity (Wildman–Crippen MR) is 144 cm³/mol. The van der Waals surface area contributed by atoms with Gasteiger partial charge in [0, 0.05) is 16.8 Å². The van der Waals surface area contributed by atoms with Crippen LogP contribution >= 0.6 is 11.6 Å². The lowest BCUT2D eigenvalue weighted by Crippen LogP contribution is -2.17. The Hall–Kier alpha value is -4.55. The van der Waals surface area contributed by atoms with Gasteiger partial charge in [-0.05, 0) is 77.9 Å². The molecule has 0 fully saturated rings. The van der Waals surface area contributed by atoms with E-state index in [1.165, 1.54) is 18.2 Å². The molecule has 1 amide bonds. The first-order valence-electron chi connectivity index (χ1n) is 11.5. The SMILES string of the molecule is NC(=O)c1ccc(S(=O)(=O)Nc2ccc(OC(F)(F)F)cc2)cc1-c1ccc(Cl)c(-c2nc3ccccc3[nH]2)c1. The predicted octanol–water partition coefficient (Wildman–Crippen LogP) is 6.35. The third kappa shape index (κ3) is 5.72. The number of primary amides is 1. The number of para-hydroxylation sites is 2. The molecule has 5 aromatic rings. The van der Waals surface area contributed by atoms with E-state index in [1.807, 2.05) is 24.3 Å². The molecule has 4 aromatic carbocycles. The molecule has 0 bridgehead atoms. The molecule has 1 heterocycles. The second-order valence-electron chi connectivity index (χ2n) is 8.55. The number of carbonyl (C=O) groups is 1. The van der Waals surface area contributed by atoms with Gasteiger partial charge in [0.2, 0.25) is 5.91 Å². The third-order valence-electron chi connectivity index (χ3n) is 5.83. The van der Waals surface area contributed by atoms with Gasteiger partial charge in [-0.2, -0.15) is 0 Å². The molecule has 0 saturated heterocycles. The molecule has 4 N–H and O–H groups in total. The molecule has 0 saturated carbocycles. The van der Waals surface area contributed by atoms with Gasteiger partial charge in [-0.3, -0.25) is 9.52 Å². The van der Waals surface area contributed by atoms with Crippen molar-refractivity contribution in [3.63, 3.8) is 0 Å². The van der Waals surface area contributed by atoms with Crippen molar-refractivity contribution in [2.24, 2.45) is 5.73 Å². The van der Waals surface area contributed by atoms with E-state index in [1.54, 1.807) is 18.2 Å². The fraction of sp³-hybridized carbons (Fsp3) is 0.0370.